The lowest BCUT2D eigenvalue weighted by Crippen LogP contribution is -2.21. The molecule has 0 saturated heterocycles. The molecule has 0 spiro atoms. The minimum atomic E-state index is -4.77. The molecule has 1 atom stereocenters. The molecule has 0 aromatic carbocycles. The van der Waals surface area contributed by atoms with E-state index in [1.165, 1.54) is 6.07 Å². The Labute approximate surface area is 76.6 Å². The zero-order valence-corrected chi connectivity index (χ0v) is 6.77. The Kier molecular flexibility index (Phi) is 4.08. The Morgan fingerprint density at radius 3 is 2.43 bits per heavy atom. The van der Waals surface area contributed by atoms with E-state index < -0.39 is 30.5 Å². The van der Waals surface area contributed by atoms with Crippen LogP contribution in [-0.2, 0) is 9.53 Å². The number of hydrogen-bond donors (Lipinski definition) is 0. The fourth-order valence-corrected chi connectivity index (χ4v) is 0.457. The third-order valence-corrected chi connectivity index (χ3v) is 1.01. The Balaban J connectivity index is 4.09. The quantitative estimate of drug-likeness (QED) is 0.310. The van der Waals surface area contributed by atoms with Gasteiger partial charge in [-0.15, -0.1) is 0 Å². The normalized spacial score (nSPS) is 12.8. The van der Waals surface area contributed by atoms with Crippen molar-refractivity contribution >= 4 is 5.97 Å². The number of halogens is 4. The maximum absolute atomic E-state index is 12.3. The number of nitrogens with zero attached hydrogens (tertiary/aromatic N) is 1. The predicted octanol–water partition coefficient (Wildman–Crippen LogP) is 1.86. The largest absolute Gasteiger partial charge is 0.427 e. The van der Waals surface area contributed by atoms with Gasteiger partial charge in [-0.1, -0.05) is 6.58 Å². The number of carbonyl (C=O) groups is 1. The van der Waals surface area contributed by atoms with Gasteiger partial charge in [0.1, 0.15) is 18.1 Å². The number of rotatable bonds is 3. The fraction of sp³-hybridized carbons (Fsp3) is 0.429. The summed E-state index contributed by atoms with van der Waals surface area (Å²) in [6.45, 7) is 2.84. The third kappa shape index (κ3) is 5.13. The lowest BCUT2D eigenvalue weighted by Gasteiger charge is -2.11. The highest BCUT2D eigenvalue weighted by molar-refractivity contribution is 5.91. The van der Waals surface area contributed by atoms with Gasteiger partial charge < -0.3 is 4.74 Å². The van der Waals surface area contributed by atoms with E-state index in [1.54, 1.807) is 0 Å². The fourth-order valence-electron chi connectivity index (χ4n) is 0.457. The summed E-state index contributed by atoms with van der Waals surface area (Å²) in [5, 5.41) is 8.06. The molecule has 0 aromatic rings. The second kappa shape index (κ2) is 4.60. The van der Waals surface area contributed by atoms with E-state index in [9.17, 15) is 22.4 Å². The second-order valence-corrected chi connectivity index (χ2v) is 2.23. The number of alkyl halides is 4. The zero-order chi connectivity index (χ0) is 11.4. The maximum atomic E-state index is 12.3. The van der Waals surface area contributed by atoms with E-state index in [1.807, 2.05) is 0 Å². The van der Waals surface area contributed by atoms with E-state index in [0.29, 0.717) is 0 Å². The summed E-state index contributed by atoms with van der Waals surface area (Å²) >= 11 is 0. The molecule has 0 radical (unpaired) electrons. The van der Waals surface area contributed by atoms with Gasteiger partial charge in [-0.2, -0.15) is 18.4 Å². The van der Waals surface area contributed by atoms with Gasteiger partial charge in [-0.25, -0.2) is 9.18 Å². The molecule has 0 amide bonds. The molecular formula is C7H5F4NO2. The van der Waals surface area contributed by atoms with Crippen LogP contribution in [0, 0.1) is 11.3 Å². The first-order valence-electron chi connectivity index (χ1n) is 3.27. The molecule has 1 unspecified atom stereocenters. The van der Waals surface area contributed by atoms with E-state index in [0.717, 1.165) is 0 Å². The summed E-state index contributed by atoms with van der Waals surface area (Å²) in [6.07, 6.45) is -9.49. The molecule has 3 nitrogen and oxygen atoms in total. The van der Waals surface area contributed by atoms with E-state index >= 15 is 0 Å². The van der Waals surface area contributed by atoms with Gasteiger partial charge >= 0.3 is 12.1 Å². The molecule has 0 aliphatic rings. The highest BCUT2D eigenvalue weighted by Gasteiger charge is 2.34. The van der Waals surface area contributed by atoms with Crippen molar-refractivity contribution in [2.75, 3.05) is 0 Å². The number of hydrogen-bond acceptors (Lipinski definition) is 3. The molecular weight excluding hydrogens is 206 g/mol. The Hall–Kier alpha value is -1.58. The van der Waals surface area contributed by atoms with Gasteiger partial charge in [0.05, 0.1) is 0 Å². The van der Waals surface area contributed by atoms with Crippen LogP contribution in [0.2, 0.25) is 0 Å². The van der Waals surface area contributed by atoms with Crippen LogP contribution in [0.1, 0.15) is 6.42 Å². The maximum Gasteiger partial charge on any atom is 0.395 e. The number of carbonyl (C=O) groups excluding carboxylic acids is 1. The van der Waals surface area contributed by atoms with Gasteiger partial charge in [0.25, 0.3) is 6.36 Å². The van der Waals surface area contributed by atoms with Gasteiger partial charge in [-0.05, 0) is 0 Å². The van der Waals surface area contributed by atoms with Crippen LogP contribution in [0.15, 0.2) is 12.2 Å². The minimum absolute atomic E-state index is 0.755. The first kappa shape index (κ1) is 12.4. The van der Waals surface area contributed by atoms with Crippen LogP contribution in [0.5, 0.6) is 0 Å². The topological polar surface area (TPSA) is 50.1 Å². The van der Waals surface area contributed by atoms with Crippen LogP contribution in [-0.4, -0.2) is 18.5 Å². The Morgan fingerprint density at radius 2 is 2.07 bits per heavy atom. The Morgan fingerprint density at radius 1 is 1.57 bits per heavy atom. The third-order valence-electron chi connectivity index (χ3n) is 1.01. The smallest absolute Gasteiger partial charge is 0.395 e. The molecule has 78 valence electrons. The summed E-state index contributed by atoms with van der Waals surface area (Å²) < 4.78 is 50.5. The standard InChI is InChI=1S/C7H5F4NO2/c1-4(3-12)6(13)14-5(8)2-7(9,10)11/h5H,1-2H2. The lowest BCUT2D eigenvalue weighted by atomic mass is 10.3. The van der Waals surface area contributed by atoms with Crippen LogP contribution >= 0.6 is 0 Å². The van der Waals surface area contributed by atoms with Crippen LogP contribution in [0.3, 0.4) is 0 Å². The first-order chi connectivity index (χ1) is 6.26. The average Bonchev–Trinajstić information content (AvgIpc) is 1.99. The summed E-state index contributed by atoms with van der Waals surface area (Å²) in [5.74, 6) is -1.50. The van der Waals surface area contributed by atoms with Crippen molar-refractivity contribution in [3.8, 4) is 6.07 Å². The number of ether oxygens (including phenoxy) is 1. The zero-order valence-electron chi connectivity index (χ0n) is 6.77. The minimum Gasteiger partial charge on any atom is -0.427 e. The van der Waals surface area contributed by atoms with Gasteiger partial charge in [-0.3, -0.25) is 0 Å². The first-order valence-corrected chi connectivity index (χ1v) is 3.27. The van der Waals surface area contributed by atoms with Crippen molar-refractivity contribution in [2.24, 2.45) is 0 Å². The van der Waals surface area contributed by atoms with E-state index in [4.69, 9.17) is 5.26 Å². The molecule has 0 heterocycles. The van der Waals surface area contributed by atoms with E-state index in [-0.39, 0.29) is 0 Å². The molecule has 0 aromatic heterocycles. The summed E-state index contributed by atoms with van der Waals surface area (Å²) in [4.78, 5) is 10.5. The van der Waals surface area contributed by atoms with Gasteiger partial charge in [0.2, 0.25) is 0 Å². The molecule has 0 bridgehead atoms. The van der Waals surface area contributed by atoms with Crippen LogP contribution in [0.25, 0.3) is 0 Å². The predicted molar refractivity (Wildman–Crippen MR) is 36.4 cm³/mol. The number of esters is 1. The molecule has 0 aliphatic heterocycles. The van der Waals surface area contributed by atoms with E-state index in [2.05, 4.69) is 11.3 Å². The van der Waals surface area contributed by atoms with Crippen molar-refractivity contribution < 1.29 is 27.1 Å². The Bertz CT molecular complexity index is 278. The molecule has 7 heteroatoms. The SMILES string of the molecule is C=C(C#N)C(=O)OC(F)CC(F)(F)F. The van der Waals surface area contributed by atoms with Gasteiger partial charge in [0, 0.05) is 0 Å². The number of nitriles is 1. The summed E-state index contributed by atoms with van der Waals surface area (Å²) in [7, 11) is 0. The summed E-state index contributed by atoms with van der Waals surface area (Å²) in [6, 6.07) is 1.22. The highest BCUT2D eigenvalue weighted by atomic mass is 19.4. The molecule has 0 fully saturated rings. The molecule has 0 saturated carbocycles. The average molecular weight is 211 g/mol. The van der Waals surface area contributed by atoms with Gasteiger partial charge in [0.15, 0.2) is 0 Å². The molecule has 0 aliphatic carbocycles. The van der Waals surface area contributed by atoms with Crippen molar-refractivity contribution in [3.63, 3.8) is 0 Å². The lowest BCUT2D eigenvalue weighted by molar-refractivity contribution is -0.187. The monoisotopic (exact) mass is 211 g/mol. The highest BCUT2D eigenvalue weighted by Crippen LogP contribution is 2.23. The summed E-state index contributed by atoms with van der Waals surface area (Å²) in [5.41, 5.74) is -0.755. The van der Waals surface area contributed by atoms with Crippen molar-refractivity contribution in [1.82, 2.24) is 0 Å². The molecule has 0 rings (SSSR count). The van der Waals surface area contributed by atoms with Crippen molar-refractivity contribution in [2.45, 2.75) is 19.0 Å². The van der Waals surface area contributed by atoms with Crippen LogP contribution in [0.4, 0.5) is 17.6 Å². The van der Waals surface area contributed by atoms with Crippen LogP contribution < -0.4 is 0 Å². The molecule has 0 N–H and O–H groups in total. The van der Waals surface area contributed by atoms with Crippen molar-refractivity contribution in [3.05, 3.63) is 12.2 Å². The molecule has 14 heavy (non-hydrogen) atoms. The second-order valence-electron chi connectivity index (χ2n) is 2.23. The van der Waals surface area contributed by atoms with Crippen molar-refractivity contribution in [1.29, 1.82) is 5.26 Å².